The van der Waals surface area contributed by atoms with E-state index in [1.807, 2.05) is 6.92 Å². The van der Waals surface area contributed by atoms with E-state index in [-0.39, 0.29) is 16.9 Å². The van der Waals surface area contributed by atoms with Crippen molar-refractivity contribution >= 4 is 22.4 Å². The van der Waals surface area contributed by atoms with E-state index in [0.717, 1.165) is 25.7 Å². The number of para-hydroxylation sites is 1. The Morgan fingerprint density at radius 3 is 2.67 bits per heavy atom. The normalized spacial score (nSPS) is 17.8. The molecule has 2 aromatic rings. The highest BCUT2D eigenvalue weighted by molar-refractivity contribution is 6.11. The van der Waals surface area contributed by atoms with Crippen molar-refractivity contribution in [3.63, 3.8) is 0 Å². The third-order valence-corrected chi connectivity index (χ3v) is 4.64. The monoisotopic (exact) mass is 286 g/mol. The topological polar surface area (TPSA) is 76.0 Å². The van der Waals surface area contributed by atoms with Gasteiger partial charge in [0, 0.05) is 28.6 Å². The summed E-state index contributed by atoms with van der Waals surface area (Å²) in [6.07, 6.45) is 6.75. The molecule has 1 heterocycles. The quantitative estimate of drug-likeness (QED) is 0.521. The second kappa shape index (κ2) is 4.98. The minimum atomic E-state index is -0.421. The number of hydrogen-bond donors (Lipinski definition) is 1. The summed E-state index contributed by atoms with van der Waals surface area (Å²) < 4.78 is 0. The van der Waals surface area contributed by atoms with Gasteiger partial charge in [-0.25, -0.2) is 0 Å². The number of Topliss-reactive ketones (excluding diaryl/α,β-unsaturated/α-hetero) is 1. The molecule has 1 fully saturated rings. The fraction of sp³-hybridized carbons (Fsp3) is 0.438. The highest BCUT2D eigenvalue weighted by Crippen LogP contribution is 2.40. The molecule has 0 bridgehead atoms. The van der Waals surface area contributed by atoms with Crippen molar-refractivity contribution in [2.75, 3.05) is 0 Å². The van der Waals surface area contributed by atoms with Crippen LogP contribution in [-0.2, 0) is 0 Å². The number of fused-ring (bicyclic) bond motifs is 1. The molecule has 110 valence electrons. The summed E-state index contributed by atoms with van der Waals surface area (Å²) in [6, 6.07) is 4.86. The maximum Gasteiger partial charge on any atom is 0.293 e. The molecule has 0 spiro atoms. The maximum atomic E-state index is 12.9. The van der Waals surface area contributed by atoms with Crippen molar-refractivity contribution in [2.24, 2.45) is 5.41 Å². The number of ketones is 1. The molecule has 0 saturated heterocycles. The van der Waals surface area contributed by atoms with Crippen molar-refractivity contribution in [3.8, 4) is 0 Å². The Morgan fingerprint density at radius 1 is 1.29 bits per heavy atom. The Kier molecular flexibility index (Phi) is 3.27. The van der Waals surface area contributed by atoms with Crippen LogP contribution in [0.1, 0.15) is 49.4 Å². The Morgan fingerprint density at radius 2 is 2.00 bits per heavy atom. The van der Waals surface area contributed by atoms with Gasteiger partial charge in [0.1, 0.15) is 5.52 Å². The summed E-state index contributed by atoms with van der Waals surface area (Å²) in [7, 11) is 0. The Labute approximate surface area is 122 Å². The zero-order valence-corrected chi connectivity index (χ0v) is 12.0. The number of nitrogens with zero attached hydrogens (tertiary/aromatic N) is 1. The number of nitrogens with one attached hydrogen (secondary N) is 1. The van der Waals surface area contributed by atoms with E-state index in [1.54, 1.807) is 18.3 Å². The molecule has 5 heteroatoms. The SMILES string of the molecule is CC1(C(=O)c2c[nH]c3c([N+](=O)[O-])cccc23)CCCCC1. The molecule has 0 atom stereocenters. The fourth-order valence-corrected chi connectivity index (χ4v) is 3.36. The van der Waals surface area contributed by atoms with Crippen molar-refractivity contribution in [3.05, 3.63) is 40.1 Å². The van der Waals surface area contributed by atoms with Crippen LogP contribution in [0.2, 0.25) is 0 Å². The molecule has 1 saturated carbocycles. The number of nitro groups is 1. The Hall–Kier alpha value is -2.17. The molecule has 1 aliphatic rings. The molecule has 1 N–H and O–H groups in total. The maximum absolute atomic E-state index is 12.9. The van der Waals surface area contributed by atoms with Crippen LogP contribution in [0.15, 0.2) is 24.4 Å². The Balaban J connectivity index is 2.07. The van der Waals surface area contributed by atoms with Gasteiger partial charge in [0.2, 0.25) is 0 Å². The number of nitro benzene ring substituents is 1. The first-order valence-electron chi connectivity index (χ1n) is 7.32. The van der Waals surface area contributed by atoms with Crippen LogP contribution in [0.3, 0.4) is 0 Å². The zero-order chi connectivity index (χ0) is 15.0. The largest absolute Gasteiger partial charge is 0.355 e. The molecule has 3 rings (SSSR count). The number of non-ortho nitro benzene ring substituents is 1. The molecular weight excluding hydrogens is 268 g/mol. The van der Waals surface area contributed by atoms with Gasteiger partial charge in [0.25, 0.3) is 5.69 Å². The lowest BCUT2D eigenvalue weighted by Gasteiger charge is -2.31. The number of hydrogen-bond acceptors (Lipinski definition) is 3. The Bertz CT molecular complexity index is 711. The number of aromatic nitrogens is 1. The summed E-state index contributed by atoms with van der Waals surface area (Å²) >= 11 is 0. The second-order valence-corrected chi connectivity index (χ2v) is 6.11. The zero-order valence-electron chi connectivity index (χ0n) is 12.0. The van der Waals surface area contributed by atoms with Crippen LogP contribution in [0.5, 0.6) is 0 Å². The smallest absolute Gasteiger partial charge is 0.293 e. The van der Waals surface area contributed by atoms with Crippen LogP contribution >= 0.6 is 0 Å². The lowest BCUT2D eigenvalue weighted by Crippen LogP contribution is -2.30. The predicted molar refractivity (Wildman–Crippen MR) is 80.5 cm³/mol. The molecular formula is C16H18N2O3. The highest BCUT2D eigenvalue weighted by atomic mass is 16.6. The number of carbonyl (C=O) groups is 1. The van der Waals surface area contributed by atoms with E-state index in [2.05, 4.69) is 4.98 Å². The van der Waals surface area contributed by atoms with Crippen LogP contribution in [0.25, 0.3) is 10.9 Å². The van der Waals surface area contributed by atoms with Gasteiger partial charge in [-0.2, -0.15) is 0 Å². The summed E-state index contributed by atoms with van der Waals surface area (Å²) in [4.78, 5) is 26.4. The average Bonchev–Trinajstić information content (AvgIpc) is 2.90. The van der Waals surface area contributed by atoms with Gasteiger partial charge in [-0.15, -0.1) is 0 Å². The second-order valence-electron chi connectivity index (χ2n) is 6.11. The lowest BCUT2D eigenvalue weighted by molar-refractivity contribution is -0.383. The van der Waals surface area contributed by atoms with E-state index in [4.69, 9.17) is 0 Å². The van der Waals surface area contributed by atoms with Crippen molar-refractivity contribution < 1.29 is 9.72 Å². The van der Waals surface area contributed by atoms with Crippen molar-refractivity contribution in [2.45, 2.75) is 39.0 Å². The molecule has 0 radical (unpaired) electrons. The van der Waals surface area contributed by atoms with Crippen molar-refractivity contribution in [1.82, 2.24) is 4.98 Å². The average molecular weight is 286 g/mol. The highest BCUT2D eigenvalue weighted by Gasteiger charge is 2.36. The standard InChI is InChI=1S/C16H18N2O3/c1-16(8-3-2-4-9-16)15(19)12-10-17-14-11(12)6-5-7-13(14)18(20)21/h5-7,10,17H,2-4,8-9H2,1H3. The molecule has 0 aliphatic heterocycles. The van der Waals surface area contributed by atoms with Crippen LogP contribution in [0.4, 0.5) is 5.69 Å². The molecule has 5 nitrogen and oxygen atoms in total. The molecule has 1 aliphatic carbocycles. The molecule has 1 aromatic carbocycles. The lowest BCUT2D eigenvalue weighted by atomic mass is 9.71. The number of aromatic amines is 1. The van der Waals surface area contributed by atoms with Gasteiger partial charge < -0.3 is 4.98 Å². The van der Waals surface area contributed by atoms with Crippen molar-refractivity contribution in [1.29, 1.82) is 0 Å². The van der Waals surface area contributed by atoms with E-state index < -0.39 is 4.92 Å². The molecule has 0 amide bonds. The first-order chi connectivity index (χ1) is 10.0. The van der Waals surface area contributed by atoms with Crippen LogP contribution < -0.4 is 0 Å². The first kappa shape index (κ1) is 13.8. The molecule has 1 aromatic heterocycles. The van der Waals surface area contributed by atoms with E-state index >= 15 is 0 Å². The minimum Gasteiger partial charge on any atom is -0.355 e. The summed E-state index contributed by atoms with van der Waals surface area (Å²) in [5.41, 5.74) is 0.696. The molecule has 0 unspecified atom stereocenters. The summed E-state index contributed by atoms with van der Waals surface area (Å²) in [5.74, 6) is 0.106. The fourth-order valence-electron chi connectivity index (χ4n) is 3.36. The first-order valence-corrected chi connectivity index (χ1v) is 7.32. The van der Waals surface area contributed by atoms with E-state index in [0.29, 0.717) is 16.5 Å². The third kappa shape index (κ3) is 2.22. The number of carbonyl (C=O) groups excluding carboxylic acids is 1. The number of H-pyrrole nitrogens is 1. The van der Waals surface area contributed by atoms with Gasteiger partial charge in [0.15, 0.2) is 5.78 Å². The van der Waals surface area contributed by atoms with Gasteiger partial charge in [-0.1, -0.05) is 38.3 Å². The minimum absolute atomic E-state index is 0.0142. The summed E-state index contributed by atoms with van der Waals surface area (Å²) in [6.45, 7) is 2.02. The van der Waals surface area contributed by atoms with Crippen LogP contribution in [-0.4, -0.2) is 15.7 Å². The number of benzene rings is 1. The van der Waals surface area contributed by atoms with E-state index in [1.165, 1.54) is 12.5 Å². The third-order valence-electron chi connectivity index (χ3n) is 4.64. The van der Waals surface area contributed by atoms with E-state index in [9.17, 15) is 14.9 Å². The van der Waals surface area contributed by atoms with Gasteiger partial charge in [-0.05, 0) is 12.8 Å². The summed E-state index contributed by atoms with van der Waals surface area (Å²) in [5, 5.41) is 11.7. The van der Waals surface area contributed by atoms with Gasteiger partial charge in [-0.3, -0.25) is 14.9 Å². The predicted octanol–water partition coefficient (Wildman–Crippen LogP) is 4.23. The van der Waals surface area contributed by atoms with Gasteiger partial charge >= 0.3 is 0 Å². The number of rotatable bonds is 3. The van der Waals surface area contributed by atoms with Gasteiger partial charge in [0.05, 0.1) is 4.92 Å². The molecule has 21 heavy (non-hydrogen) atoms. The van der Waals surface area contributed by atoms with Crippen LogP contribution in [0, 0.1) is 15.5 Å².